The van der Waals surface area contributed by atoms with Gasteiger partial charge in [-0.3, -0.25) is 9.48 Å². The highest BCUT2D eigenvalue weighted by molar-refractivity contribution is 5.83. The van der Waals surface area contributed by atoms with Crippen molar-refractivity contribution < 1.29 is 9.53 Å². The van der Waals surface area contributed by atoms with Crippen molar-refractivity contribution in [3.63, 3.8) is 0 Å². The number of benzene rings is 2. The Kier molecular flexibility index (Phi) is 6.91. The molecule has 0 saturated heterocycles. The zero-order chi connectivity index (χ0) is 20.8. The molecule has 1 aromatic heterocycles. The van der Waals surface area contributed by atoms with Crippen LogP contribution in [-0.4, -0.2) is 28.8 Å². The van der Waals surface area contributed by atoms with Crippen molar-refractivity contribution >= 4 is 16.7 Å². The number of hydrogen-bond donors (Lipinski definition) is 1. The van der Waals surface area contributed by atoms with Gasteiger partial charge in [0.05, 0.1) is 12.2 Å². The van der Waals surface area contributed by atoms with Gasteiger partial charge in [0.1, 0.15) is 12.4 Å². The molecule has 2 aromatic carbocycles. The molecule has 1 N–H and O–H groups in total. The molecule has 0 aliphatic carbocycles. The molecule has 0 unspecified atom stereocenters. The quantitative estimate of drug-likeness (QED) is 0.547. The molecule has 0 saturated carbocycles. The van der Waals surface area contributed by atoms with E-state index in [0.29, 0.717) is 31.9 Å². The van der Waals surface area contributed by atoms with Gasteiger partial charge >= 0.3 is 0 Å². The van der Waals surface area contributed by atoms with Gasteiger partial charge in [-0.15, -0.1) is 0 Å². The minimum Gasteiger partial charge on any atom is -0.492 e. The average molecular weight is 394 g/mol. The van der Waals surface area contributed by atoms with Gasteiger partial charge < -0.3 is 10.1 Å². The van der Waals surface area contributed by atoms with Gasteiger partial charge in [-0.1, -0.05) is 44.2 Å². The first kappa shape index (κ1) is 20.9. The van der Waals surface area contributed by atoms with E-state index in [-0.39, 0.29) is 5.91 Å². The molecule has 5 heteroatoms. The summed E-state index contributed by atoms with van der Waals surface area (Å²) in [5.74, 6) is 1.41. The second kappa shape index (κ2) is 9.59. The lowest BCUT2D eigenvalue weighted by molar-refractivity contribution is -0.121. The fourth-order valence-corrected chi connectivity index (χ4v) is 3.56. The third kappa shape index (κ3) is 5.59. The number of nitrogens with zero attached hydrogens (tertiary/aromatic N) is 2. The molecule has 3 aromatic rings. The van der Waals surface area contributed by atoms with E-state index in [4.69, 9.17) is 4.74 Å². The normalized spacial score (nSPS) is 11.2. The lowest BCUT2D eigenvalue weighted by Gasteiger charge is -2.09. The number of nitrogens with one attached hydrogen (secondary N) is 1. The number of amides is 1. The molecule has 0 aliphatic rings. The van der Waals surface area contributed by atoms with Crippen LogP contribution in [0.4, 0.5) is 0 Å². The molecular weight excluding hydrogens is 362 g/mol. The maximum Gasteiger partial charge on any atom is 0.220 e. The summed E-state index contributed by atoms with van der Waals surface area (Å²) in [5, 5.41) is 9.91. The monoisotopic (exact) mass is 393 g/mol. The maximum atomic E-state index is 12.2. The van der Waals surface area contributed by atoms with E-state index in [1.54, 1.807) is 0 Å². The molecule has 1 amide bonds. The Hall–Kier alpha value is -2.82. The van der Waals surface area contributed by atoms with Crippen molar-refractivity contribution in [3.05, 3.63) is 59.4 Å². The molecule has 0 bridgehead atoms. The van der Waals surface area contributed by atoms with Crippen LogP contribution in [0.25, 0.3) is 10.8 Å². The SMILES string of the molecule is Cc1nn(CC(C)C)c(C)c1CCC(=O)NCCOc1ccc2ccccc2c1. The number of aryl methyl sites for hydroxylation is 1. The fourth-order valence-electron chi connectivity index (χ4n) is 3.56. The average Bonchev–Trinajstić information content (AvgIpc) is 2.95. The van der Waals surface area contributed by atoms with Gasteiger partial charge in [0.15, 0.2) is 0 Å². The summed E-state index contributed by atoms with van der Waals surface area (Å²) in [5.41, 5.74) is 3.38. The first-order valence-electron chi connectivity index (χ1n) is 10.3. The minimum absolute atomic E-state index is 0.0440. The summed E-state index contributed by atoms with van der Waals surface area (Å²) >= 11 is 0. The van der Waals surface area contributed by atoms with Crippen LogP contribution in [0.15, 0.2) is 42.5 Å². The third-order valence-corrected chi connectivity index (χ3v) is 5.09. The van der Waals surface area contributed by atoms with Crippen LogP contribution in [0, 0.1) is 19.8 Å². The van der Waals surface area contributed by atoms with E-state index in [1.807, 2.05) is 37.3 Å². The van der Waals surface area contributed by atoms with Crippen LogP contribution in [0.2, 0.25) is 0 Å². The third-order valence-electron chi connectivity index (χ3n) is 5.09. The Morgan fingerprint density at radius 3 is 2.66 bits per heavy atom. The molecule has 154 valence electrons. The zero-order valence-electron chi connectivity index (χ0n) is 17.9. The number of rotatable bonds is 9. The molecule has 3 rings (SSSR count). The summed E-state index contributed by atoms with van der Waals surface area (Å²) in [6.07, 6.45) is 1.18. The van der Waals surface area contributed by atoms with E-state index >= 15 is 0 Å². The van der Waals surface area contributed by atoms with E-state index in [2.05, 4.69) is 48.0 Å². The van der Waals surface area contributed by atoms with Gasteiger partial charge in [0, 0.05) is 18.7 Å². The van der Waals surface area contributed by atoms with Gasteiger partial charge in [-0.05, 0) is 54.7 Å². The van der Waals surface area contributed by atoms with Crippen molar-refractivity contribution in [2.75, 3.05) is 13.2 Å². The lowest BCUT2D eigenvalue weighted by atomic mass is 10.1. The summed E-state index contributed by atoms with van der Waals surface area (Å²) in [4.78, 5) is 12.2. The number of carbonyl (C=O) groups is 1. The number of fused-ring (bicyclic) bond motifs is 1. The van der Waals surface area contributed by atoms with Crippen molar-refractivity contribution in [2.24, 2.45) is 5.92 Å². The van der Waals surface area contributed by atoms with Crippen molar-refractivity contribution in [1.29, 1.82) is 0 Å². The standard InChI is InChI=1S/C24H31N3O2/c1-17(2)16-27-19(4)23(18(3)26-27)11-12-24(28)25-13-14-29-22-10-9-20-7-5-6-8-21(20)15-22/h5-10,15,17H,11-14,16H2,1-4H3,(H,25,28). The van der Waals surface area contributed by atoms with Crippen LogP contribution in [0.3, 0.4) is 0 Å². The topological polar surface area (TPSA) is 56.2 Å². The van der Waals surface area contributed by atoms with Crippen LogP contribution in [-0.2, 0) is 17.8 Å². The Balaban J connectivity index is 1.42. The molecule has 0 radical (unpaired) electrons. The predicted octanol–water partition coefficient (Wildman–Crippen LogP) is 4.44. The maximum absolute atomic E-state index is 12.2. The zero-order valence-corrected chi connectivity index (χ0v) is 17.9. The molecular formula is C24H31N3O2. The molecule has 0 spiro atoms. The van der Waals surface area contributed by atoms with E-state index < -0.39 is 0 Å². The van der Waals surface area contributed by atoms with Gasteiger partial charge in [0.2, 0.25) is 5.91 Å². The predicted molar refractivity (Wildman–Crippen MR) is 117 cm³/mol. The minimum atomic E-state index is 0.0440. The van der Waals surface area contributed by atoms with Crippen LogP contribution < -0.4 is 10.1 Å². The Morgan fingerprint density at radius 1 is 1.14 bits per heavy atom. The van der Waals surface area contributed by atoms with E-state index in [0.717, 1.165) is 23.4 Å². The smallest absolute Gasteiger partial charge is 0.220 e. The number of ether oxygens (including phenoxy) is 1. The Bertz CT molecular complexity index is 975. The molecule has 0 atom stereocenters. The van der Waals surface area contributed by atoms with Crippen molar-refractivity contribution in [2.45, 2.75) is 47.1 Å². The number of hydrogen-bond acceptors (Lipinski definition) is 3. The van der Waals surface area contributed by atoms with Crippen LogP contribution >= 0.6 is 0 Å². The molecule has 0 aliphatic heterocycles. The highest BCUT2D eigenvalue weighted by Crippen LogP contribution is 2.20. The highest BCUT2D eigenvalue weighted by atomic mass is 16.5. The molecule has 5 nitrogen and oxygen atoms in total. The lowest BCUT2D eigenvalue weighted by Crippen LogP contribution is -2.28. The van der Waals surface area contributed by atoms with E-state index in [9.17, 15) is 4.79 Å². The van der Waals surface area contributed by atoms with Crippen molar-refractivity contribution in [1.82, 2.24) is 15.1 Å². The molecule has 1 heterocycles. The summed E-state index contributed by atoms with van der Waals surface area (Å²) in [7, 11) is 0. The Morgan fingerprint density at radius 2 is 1.90 bits per heavy atom. The first-order chi connectivity index (χ1) is 13.9. The van der Waals surface area contributed by atoms with Crippen LogP contribution in [0.5, 0.6) is 5.75 Å². The summed E-state index contributed by atoms with van der Waals surface area (Å²) < 4.78 is 7.84. The van der Waals surface area contributed by atoms with E-state index in [1.165, 1.54) is 16.6 Å². The number of carbonyl (C=O) groups excluding carboxylic acids is 1. The van der Waals surface area contributed by atoms with Crippen molar-refractivity contribution in [3.8, 4) is 5.75 Å². The number of aromatic nitrogens is 2. The Labute approximate surface area is 173 Å². The second-order valence-electron chi connectivity index (χ2n) is 7.93. The first-order valence-corrected chi connectivity index (χ1v) is 10.3. The van der Waals surface area contributed by atoms with Crippen LogP contribution in [0.1, 0.15) is 37.2 Å². The highest BCUT2D eigenvalue weighted by Gasteiger charge is 2.13. The fraction of sp³-hybridized carbons (Fsp3) is 0.417. The second-order valence-corrected chi connectivity index (χ2v) is 7.93. The largest absolute Gasteiger partial charge is 0.492 e. The van der Waals surface area contributed by atoms with Gasteiger partial charge in [-0.25, -0.2) is 0 Å². The summed E-state index contributed by atoms with van der Waals surface area (Å²) in [6.45, 7) is 10.3. The summed E-state index contributed by atoms with van der Waals surface area (Å²) in [6, 6.07) is 14.2. The molecule has 29 heavy (non-hydrogen) atoms. The van der Waals surface area contributed by atoms with Gasteiger partial charge in [-0.2, -0.15) is 5.10 Å². The van der Waals surface area contributed by atoms with Gasteiger partial charge in [0.25, 0.3) is 0 Å². The molecule has 0 fully saturated rings.